The normalized spacial score (nSPS) is 17.3. The van der Waals surface area contributed by atoms with Crippen LogP contribution in [0.15, 0.2) is 23.1 Å². The Kier molecular flexibility index (Phi) is 4.23. The smallest absolute Gasteiger partial charge is 0.243 e. The van der Waals surface area contributed by atoms with Gasteiger partial charge in [0.15, 0.2) is 0 Å². The molecule has 0 bridgehead atoms. The van der Waals surface area contributed by atoms with Gasteiger partial charge in [0, 0.05) is 18.7 Å². The molecule has 0 radical (unpaired) electrons. The fraction of sp³-hybridized carbons (Fsp3) is 0.462. The van der Waals surface area contributed by atoms with Crippen molar-refractivity contribution in [2.45, 2.75) is 31.1 Å². The van der Waals surface area contributed by atoms with Gasteiger partial charge in [0.25, 0.3) is 0 Å². The van der Waals surface area contributed by atoms with Gasteiger partial charge in [-0.2, -0.15) is 4.31 Å². The number of rotatable bonds is 3. The number of sulfonamides is 1. The average Bonchev–Trinajstić information content (AvgIpc) is 2.39. The molecule has 0 aliphatic carbocycles. The Morgan fingerprint density at radius 3 is 2.47 bits per heavy atom. The van der Waals surface area contributed by atoms with Crippen LogP contribution in [-0.2, 0) is 10.0 Å². The predicted octanol–water partition coefficient (Wildman–Crippen LogP) is 1.80. The van der Waals surface area contributed by atoms with E-state index in [0.717, 1.165) is 24.8 Å². The highest BCUT2D eigenvalue weighted by Crippen LogP contribution is 2.24. The molecule has 0 saturated carbocycles. The summed E-state index contributed by atoms with van der Waals surface area (Å²) in [7, 11) is -3.43. The Balaban J connectivity index is 2.44. The Bertz CT molecular complexity index is 591. The van der Waals surface area contributed by atoms with Gasteiger partial charge in [-0.05, 0) is 31.4 Å². The van der Waals surface area contributed by atoms with Crippen LogP contribution in [0.1, 0.15) is 30.4 Å². The van der Waals surface area contributed by atoms with Crippen molar-refractivity contribution in [3.8, 4) is 0 Å². The fourth-order valence-corrected chi connectivity index (χ4v) is 4.17. The lowest BCUT2D eigenvalue weighted by atomic mass is 10.1. The van der Waals surface area contributed by atoms with Gasteiger partial charge in [-0.3, -0.25) is 0 Å². The van der Waals surface area contributed by atoms with E-state index in [-0.39, 0.29) is 4.99 Å². The van der Waals surface area contributed by atoms with Crippen molar-refractivity contribution >= 4 is 27.2 Å². The summed E-state index contributed by atoms with van der Waals surface area (Å²) < 4.78 is 26.8. The standard InChI is InChI=1S/C13H18N2O2S2/c1-10-5-6-11(13(14)18)9-12(10)19(16,17)15-7-3-2-4-8-15/h5-6,9H,2-4,7-8H2,1H3,(H2,14,18). The summed E-state index contributed by atoms with van der Waals surface area (Å²) in [6.07, 6.45) is 2.94. The van der Waals surface area contributed by atoms with Crippen LogP contribution in [0.2, 0.25) is 0 Å². The van der Waals surface area contributed by atoms with E-state index in [1.165, 1.54) is 0 Å². The molecule has 19 heavy (non-hydrogen) atoms. The van der Waals surface area contributed by atoms with Crippen LogP contribution < -0.4 is 5.73 Å². The second kappa shape index (κ2) is 5.56. The second-order valence-electron chi connectivity index (χ2n) is 4.81. The van der Waals surface area contributed by atoms with Crippen molar-refractivity contribution in [2.24, 2.45) is 5.73 Å². The maximum atomic E-state index is 12.6. The van der Waals surface area contributed by atoms with Gasteiger partial charge in [-0.1, -0.05) is 30.8 Å². The van der Waals surface area contributed by atoms with E-state index in [0.29, 0.717) is 23.5 Å². The minimum Gasteiger partial charge on any atom is -0.389 e. The predicted molar refractivity (Wildman–Crippen MR) is 79.7 cm³/mol. The Labute approximate surface area is 119 Å². The van der Waals surface area contributed by atoms with E-state index in [4.69, 9.17) is 18.0 Å². The molecule has 1 aromatic rings. The number of nitrogens with two attached hydrogens (primary N) is 1. The number of hydrogen-bond acceptors (Lipinski definition) is 3. The molecule has 1 aliphatic heterocycles. The number of aryl methyl sites for hydroxylation is 1. The van der Waals surface area contributed by atoms with Crippen LogP contribution in [0.25, 0.3) is 0 Å². The molecule has 0 amide bonds. The summed E-state index contributed by atoms with van der Waals surface area (Å²) >= 11 is 4.91. The highest BCUT2D eigenvalue weighted by Gasteiger charge is 2.27. The molecule has 104 valence electrons. The van der Waals surface area contributed by atoms with Gasteiger partial charge in [0.05, 0.1) is 4.90 Å². The minimum absolute atomic E-state index is 0.218. The molecule has 4 nitrogen and oxygen atoms in total. The number of benzene rings is 1. The third-order valence-electron chi connectivity index (χ3n) is 3.41. The molecule has 1 fully saturated rings. The molecule has 0 spiro atoms. The second-order valence-corrected chi connectivity index (χ2v) is 7.16. The topological polar surface area (TPSA) is 63.4 Å². The first kappa shape index (κ1) is 14.4. The van der Waals surface area contributed by atoms with Crippen LogP contribution in [0.5, 0.6) is 0 Å². The maximum Gasteiger partial charge on any atom is 0.243 e. The van der Waals surface area contributed by atoms with Crippen LogP contribution in [0.3, 0.4) is 0 Å². The van der Waals surface area contributed by atoms with E-state index in [9.17, 15) is 8.42 Å². The van der Waals surface area contributed by atoms with Gasteiger partial charge in [0.1, 0.15) is 4.99 Å². The first-order chi connectivity index (χ1) is 8.93. The molecule has 1 aliphatic rings. The lowest BCUT2D eigenvalue weighted by Gasteiger charge is -2.26. The number of nitrogens with zero attached hydrogens (tertiary/aromatic N) is 1. The molecule has 2 rings (SSSR count). The SMILES string of the molecule is Cc1ccc(C(N)=S)cc1S(=O)(=O)N1CCCCC1. The summed E-state index contributed by atoms with van der Waals surface area (Å²) in [5, 5.41) is 0. The van der Waals surface area contributed by atoms with Crippen LogP contribution in [-0.4, -0.2) is 30.8 Å². The van der Waals surface area contributed by atoms with E-state index < -0.39 is 10.0 Å². The van der Waals surface area contributed by atoms with Gasteiger partial charge in [-0.15, -0.1) is 0 Å². The summed E-state index contributed by atoms with van der Waals surface area (Å²) in [5.74, 6) is 0. The summed E-state index contributed by atoms with van der Waals surface area (Å²) in [5.41, 5.74) is 6.90. The zero-order valence-electron chi connectivity index (χ0n) is 10.9. The van der Waals surface area contributed by atoms with E-state index in [2.05, 4.69) is 0 Å². The van der Waals surface area contributed by atoms with E-state index >= 15 is 0 Å². The first-order valence-electron chi connectivity index (χ1n) is 6.33. The van der Waals surface area contributed by atoms with Gasteiger partial charge in [0.2, 0.25) is 10.0 Å². The molecule has 2 N–H and O–H groups in total. The molecular weight excluding hydrogens is 280 g/mol. The zero-order chi connectivity index (χ0) is 14.0. The van der Waals surface area contributed by atoms with Crippen molar-refractivity contribution in [2.75, 3.05) is 13.1 Å². The minimum atomic E-state index is -3.43. The van der Waals surface area contributed by atoms with Crippen molar-refractivity contribution < 1.29 is 8.42 Å². The molecule has 1 aromatic carbocycles. The quantitative estimate of drug-likeness (QED) is 0.864. The monoisotopic (exact) mass is 298 g/mol. The van der Waals surface area contributed by atoms with Crippen LogP contribution in [0.4, 0.5) is 0 Å². The summed E-state index contributed by atoms with van der Waals surface area (Å²) in [6.45, 7) is 2.98. The molecule has 0 aromatic heterocycles. The van der Waals surface area contributed by atoms with Crippen molar-refractivity contribution in [1.82, 2.24) is 4.31 Å². The van der Waals surface area contributed by atoms with E-state index in [1.54, 1.807) is 29.4 Å². The van der Waals surface area contributed by atoms with Crippen molar-refractivity contribution in [3.05, 3.63) is 29.3 Å². The third kappa shape index (κ3) is 2.96. The molecule has 1 heterocycles. The van der Waals surface area contributed by atoms with Gasteiger partial charge in [-0.25, -0.2) is 8.42 Å². The Hall–Kier alpha value is -0.980. The van der Waals surface area contributed by atoms with Crippen molar-refractivity contribution in [3.63, 3.8) is 0 Å². The van der Waals surface area contributed by atoms with Crippen LogP contribution in [0, 0.1) is 6.92 Å². The summed E-state index contributed by atoms with van der Waals surface area (Å²) in [6, 6.07) is 5.10. The molecule has 0 unspecified atom stereocenters. The number of hydrogen-bond donors (Lipinski definition) is 1. The fourth-order valence-electron chi connectivity index (χ4n) is 2.28. The number of thiocarbonyl (C=S) groups is 1. The Morgan fingerprint density at radius 1 is 1.26 bits per heavy atom. The van der Waals surface area contributed by atoms with Gasteiger partial charge < -0.3 is 5.73 Å². The van der Waals surface area contributed by atoms with Crippen molar-refractivity contribution in [1.29, 1.82) is 0 Å². The lowest BCUT2D eigenvalue weighted by molar-refractivity contribution is 0.346. The van der Waals surface area contributed by atoms with Gasteiger partial charge >= 0.3 is 0 Å². The Morgan fingerprint density at radius 2 is 1.89 bits per heavy atom. The highest BCUT2D eigenvalue weighted by atomic mass is 32.2. The van der Waals surface area contributed by atoms with Crippen LogP contribution >= 0.6 is 12.2 Å². The van der Waals surface area contributed by atoms with E-state index in [1.807, 2.05) is 0 Å². The first-order valence-corrected chi connectivity index (χ1v) is 8.18. The molecule has 6 heteroatoms. The molecule has 1 saturated heterocycles. The molecule has 0 atom stereocenters. The summed E-state index contributed by atoms with van der Waals surface area (Å²) in [4.78, 5) is 0.537. The lowest BCUT2D eigenvalue weighted by Crippen LogP contribution is -2.36. The average molecular weight is 298 g/mol. The number of piperidine rings is 1. The third-order valence-corrected chi connectivity index (χ3v) is 5.68. The largest absolute Gasteiger partial charge is 0.389 e. The highest BCUT2D eigenvalue weighted by molar-refractivity contribution is 7.89. The molecular formula is C13H18N2O2S2. The zero-order valence-corrected chi connectivity index (χ0v) is 12.6. The maximum absolute atomic E-state index is 12.6.